The van der Waals surface area contributed by atoms with Crippen molar-refractivity contribution < 1.29 is 9.53 Å². The van der Waals surface area contributed by atoms with Crippen molar-refractivity contribution in [3.8, 4) is 6.07 Å². The first-order valence-corrected chi connectivity index (χ1v) is 9.23. The van der Waals surface area contributed by atoms with Crippen molar-refractivity contribution in [2.24, 2.45) is 7.05 Å². The van der Waals surface area contributed by atoms with Crippen LogP contribution >= 0.6 is 0 Å². The van der Waals surface area contributed by atoms with Gasteiger partial charge in [-0.15, -0.1) is 0 Å². The van der Waals surface area contributed by atoms with E-state index in [1.807, 2.05) is 6.92 Å². The minimum absolute atomic E-state index is 0.0325. The predicted octanol–water partition coefficient (Wildman–Crippen LogP) is 0.0917. The van der Waals surface area contributed by atoms with Gasteiger partial charge in [0.1, 0.15) is 17.5 Å². The summed E-state index contributed by atoms with van der Waals surface area (Å²) in [7, 11) is 2.78. The summed E-state index contributed by atoms with van der Waals surface area (Å²) in [5.41, 5.74) is -1.54. The number of nitrogens with one attached hydrogen (secondary N) is 1. The molecule has 11 heteroatoms. The summed E-state index contributed by atoms with van der Waals surface area (Å²) in [5, 5.41) is 9.22. The van der Waals surface area contributed by atoms with E-state index < -0.39 is 22.8 Å². The number of rotatable bonds is 6. The summed E-state index contributed by atoms with van der Waals surface area (Å²) in [6.45, 7) is 2.24. The third kappa shape index (κ3) is 3.55. The summed E-state index contributed by atoms with van der Waals surface area (Å²) < 4.78 is 8.69. The van der Waals surface area contributed by atoms with Crippen LogP contribution in [0, 0.1) is 11.3 Å². The largest absolute Gasteiger partial charge is 0.465 e. The molecule has 0 fully saturated rings. The SMILES string of the molecule is CCCCn1c(=O)[nH]c(=O)c2c1nc(Cn1cc(C(=O)OC)cc(C#N)c1=O)n2C. The van der Waals surface area contributed by atoms with Crippen LogP contribution in [0.5, 0.6) is 0 Å². The number of ether oxygens (including phenoxy) is 1. The Morgan fingerprint density at radius 2 is 2.07 bits per heavy atom. The number of esters is 1. The van der Waals surface area contributed by atoms with Gasteiger partial charge in [-0.25, -0.2) is 14.6 Å². The van der Waals surface area contributed by atoms with Crippen LogP contribution in [0.1, 0.15) is 41.5 Å². The number of fused-ring (bicyclic) bond motifs is 1. The number of pyridine rings is 1. The Kier molecular flexibility index (Phi) is 5.68. The molecule has 0 aliphatic carbocycles. The lowest BCUT2D eigenvalue weighted by molar-refractivity contribution is 0.0599. The molecular weight excluding hydrogens is 392 g/mol. The van der Waals surface area contributed by atoms with Gasteiger partial charge in [0.25, 0.3) is 11.1 Å². The molecule has 0 bridgehead atoms. The number of nitriles is 1. The summed E-state index contributed by atoms with van der Waals surface area (Å²) in [5.74, 6) is -0.394. The average Bonchev–Trinajstić information content (AvgIpc) is 3.05. The Bertz CT molecular complexity index is 1350. The maximum atomic E-state index is 12.6. The summed E-state index contributed by atoms with van der Waals surface area (Å²) >= 11 is 0. The minimum atomic E-state index is -0.699. The van der Waals surface area contributed by atoms with Crippen LogP contribution < -0.4 is 16.8 Å². The molecule has 0 amide bonds. The molecule has 0 radical (unpaired) electrons. The molecule has 0 aliphatic heterocycles. The molecule has 3 aromatic heterocycles. The zero-order valence-electron chi connectivity index (χ0n) is 16.8. The monoisotopic (exact) mass is 412 g/mol. The fraction of sp³-hybridized carbons (Fsp3) is 0.368. The minimum Gasteiger partial charge on any atom is -0.465 e. The van der Waals surface area contributed by atoms with Crippen LogP contribution in [0.3, 0.4) is 0 Å². The van der Waals surface area contributed by atoms with Crippen molar-refractivity contribution in [1.82, 2.24) is 23.7 Å². The lowest BCUT2D eigenvalue weighted by atomic mass is 10.2. The van der Waals surface area contributed by atoms with Crippen molar-refractivity contribution in [1.29, 1.82) is 5.26 Å². The molecule has 11 nitrogen and oxygen atoms in total. The Labute approximate surface area is 169 Å². The number of carbonyl (C=O) groups excluding carboxylic acids is 1. The van der Waals surface area contributed by atoms with Crippen LogP contribution in [-0.2, 0) is 24.9 Å². The molecule has 0 saturated heterocycles. The van der Waals surface area contributed by atoms with Gasteiger partial charge in [0.2, 0.25) is 0 Å². The number of aromatic nitrogens is 5. The topological polar surface area (TPSA) is 145 Å². The molecule has 3 rings (SSSR count). The van der Waals surface area contributed by atoms with Crippen LogP contribution in [0.15, 0.2) is 26.6 Å². The molecule has 3 aromatic rings. The van der Waals surface area contributed by atoms with Crippen molar-refractivity contribution in [3.63, 3.8) is 0 Å². The number of hydrogen-bond donors (Lipinski definition) is 1. The molecule has 0 aromatic carbocycles. The van der Waals surface area contributed by atoms with E-state index in [1.54, 1.807) is 13.1 Å². The molecule has 156 valence electrons. The number of methoxy groups -OCH3 is 1. The Hall–Kier alpha value is -3.94. The second-order valence-electron chi connectivity index (χ2n) is 6.70. The van der Waals surface area contributed by atoms with Crippen LogP contribution in [0.4, 0.5) is 0 Å². The number of H-pyrrole nitrogens is 1. The normalized spacial score (nSPS) is 10.9. The second-order valence-corrected chi connectivity index (χ2v) is 6.70. The van der Waals surface area contributed by atoms with Gasteiger partial charge in [-0.05, 0) is 12.5 Å². The third-order valence-corrected chi connectivity index (χ3v) is 4.78. The van der Waals surface area contributed by atoms with E-state index in [9.17, 15) is 24.4 Å². The van der Waals surface area contributed by atoms with Crippen molar-refractivity contribution in [2.45, 2.75) is 32.9 Å². The number of aryl methyl sites for hydroxylation is 2. The maximum absolute atomic E-state index is 12.6. The smallest absolute Gasteiger partial charge is 0.339 e. The molecule has 3 heterocycles. The van der Waals surface area contributed by atoms with Gasteiger partial charge in [-0.2, -0.15) is 5.26 Å². The Morgan fingerprint density at radius 1 is 1.33 bits per heavy atom. The Morgan fingerprint density at radius 3 is 2.70 bits per heavy atom. The highest BCUT2D eigenvalue weighted by Crippen LogP contribution is 2.12. The van der Waals surface area contributed by atoms with E-state index in [2.05, 4.69) is 14.7 Å². The molecule has 0 atom stereocenters. The van der Waals surface area contributed by atoms with Gasteiger partial charge in [-0.3, -0.25) is 19.1 Å². The quantitative estimate of drug-likeness (QED) is 0.565. The fourth-order valence-corrected chi connectivity index (χ4v) is 3.17. The van der Waals surface area contributed by atoms with Gasteiger partial charge in [0.15, 0.2) is 11.2 Å². The number of nitrogens with zero attached hydrogens (tertiary/aromatic N) is 5. The van der Waals surface area contributed by atoms with Crippen molar-refractivity contribution in [2.75, 3.05) is 7.11 Å². The summed E-state index contributed by atoms with van der Waals surface area (Å²) in [6.07, 6.45) is 2.83. The van der Waals surface area contributed by atoms with Crippen LogP contribution in [0.2, 0.25) is 0 Å². The highest BCUT2D eigenvalue weighted by atomic mass is 16.5. The first-order valence-electron chi connectivity index (χ1n) is 9.23. The zero-order valence-corrected chi connectivity index (χ0v) is 16.8. The highest BCUT2D eigenvalue weighted by Gasteiger charge is 2.18. The second kappa shape index (κ2) is 8.20. The van der Waals surface area contributed by atoms with E-state index in [-0.39, 0.29) is 28.8 Å². The predicted molar refractivity (Wildman–Crippen MR) is 106 cm³/mol. The highest BCUT2D eigenvalue weighted by molar-refractivity contribution is 5.89. The van der Waals surface area contributed by atoms with E-state index in [0.717, 1.165) is 23.5 Å². The van der Waals surface area contributed by atoms with Gasteiger partial charge < -0.3 is 13.9 Å². The lowest BCUT2D eigenvalue weighted by Crippen LogP contribution is -2.31. The fourth-order valence-electron chi connectivity index (χ4n) is 3.17. The summed E-state index contributed by atoms with van der Waals surface area (Å²) in [4.78, 5) is 55.7. The average molecular weight is 412 g/mol. The molecule has 30 heavy (non-hydrogen) atoms. The zero-order chi connectivity index (χ0) is 22.0. The Balaban J connectivity index is 2.19. The first kappa shape index (κ1) is 20.8. The van der Waals surface area contributed by atoms with Crippen LogP contribution in [0.25, 0.3) is 11.2 Å². The molecule has 0 spiro atoms. The lowest BCUT2D eigenvalue weighted by Gasteiger charge is -2.08. The van der Waals surface area contributed by atoms with Crippen molar-refractivity contribution >= 4 is 17.1 Å². The standard InChI is InChI=1S/C19H20N6O5/c1-4-5-6-25-15-14(16(26)22-19(25)29)23(2)13(21-15)10-24-9-12(18(28)30-3)7-11(8-20)17(24)27/h7,9H,4-6,10H2,1-3H3,(H,22,26,29). The molecule has 0 saturated carbocycles. The molecule has 0 aliphatic rings. The van der Waals surface area contributed by atoms with Crippen LogP contribution in [-0.4, -0.2) is 36.7 Å². The van der Waals surface area contributed by atoms with Gasteiger partial charge >= 0.3 is 11.7 Å². The molecule has 1 N–H and O–H groups in total. The van der Waals surface area contributed by atoms with E-state index in [4.69, 9.17) is 0 Å². The third-order valence-electron chi connectivity index (χ3n) is 4.78. The molecule has 0 unspecified atom stereocenters. The van der Waals surface area contributed by atoms with E-state index >= 15 is 0 Å². The van der Waals surface area contributed by atoms with Gasteiger partial charge in [0.05, 0.1) is 19.2 Å². The number of hydrogen-bond acceptors (Lipinski definition) is 7. The van der Waals surface area contributed by atoms with Gasteiger partial charge in [-0.1, -0.05) is 13.3 Å². The first-order chi connectivity index (χ1) is 14.3. The molecular formula is C19H20N6O5. The maximum Gasteiger partial charge on any atom is 0.339 e. The number of carbonyl (C=O) groups is 1. The van der Waals surface area contributed by atoms with Crippen molar-refractivity contribution in [3.05, 3.63) is 60.4 Å². The number of unbranched alkanes of at least 4 members (excludes halogenated alkanes) is 1. The van der Waals surface area contributed by atoms with E-state index in [0.29, 0.717) is 12.4 Å². The van der Waals surface area contributed by atoms with E-state index in [1.165, 1.54) is 22.4 Å². The van der Waals surface area contributed by atoms with Gasteiger partial charge in [0, 0.05) is 19.8 Å². The number of imidazole rings is 1. The summed E-state index contributed by atoms with van der Waals surface area (Å²) in [6, 6.07) is 2.92. The number of aromatic amines is 1.